The van der Waals surface area contributed by atoms with Gasteiger partial charge in [0.1, 0.15) is 0 Å². The highest BCUT2D eigenvalue weighted by atomic mass is 15.1. The Morgan fingerprint density at radius 3 is 2.55 bits per heavy atom. The van der Waals surface area contributed by atoms with E-state index in [1.165, 1.54) is 25.8 Å². The molecule has 0 rings (SSSR count). The Bertz CT molecular complexity index is 113. The zero-order chi connectivity index (χ0) is 8.53. The quantitative estimate of drug-likeness (QED) is 0.417. The number of rotatable bonds is 6. The van der Waals surface area contributed by atoms with Crippen molar-refractivity contribution in [2.24, 2.45) is 0 Å². The van der Waals surface area contributed by atoms with E-state index in [0.717, 1.165) is 13.0 Å². The average molecular weight is 153 g/mol. The maximum Gasteiger partial charge on any atom is 0.0214 e. The van der Waals surface area contributed by atoms with Gasteiger partial charge in [0.25, 0.3) is 0 Å². The van der Waals surface area contributed by atoms with E-state index in [0.29, 0.717) is 0 Å². The van der Waals surface area contributed by atoms with Gasteiger partial charge in [-0.25, -0.2) is 0 Å². The van der Waals surface area contributed by atoms with Crippen LogP contribution in [0.1, 0.15) is 32.6 Å². The fourth-order valence-corrected chi connectivity index (χ4v) is 0.999. The molecule has 0 aromatic carbocycles. The van der Waals surface area contributed by atoms with Crippen LogP contribution in [0.15, 0.2) is 0 Å². The minimum atomic E-state index is 0.878. The second-order valence-electron chi connectivity index (χ2n) is 2.96. The standard InChI is InChI=1S/C10H19N/c1-4-6-8-10-11(3)9-7-5-2/h2H,4,6-10H2,1,3H3. The van der Waals surface area contributed by atoms with Crippen molar-refractivity contribution in [2.75, 3.05) is 20.1 Å². The molecule has 0 saturated heterocycles. The molecule has 0 aromatic heterocycles. The highest BCUT2D eigenvalue weighted by Gasteiger charge is 1.94. The van der Waals surface area contributed by atoms with Gasteiger partial charge in [0.15, 0.2) is 0 Å². The van der Waals surface area contributed by atoms with Crippen LogP contribution in [0.4, 0.5) is 0 Å². The third kappa shape index (κ3) is 7.42. The second kappa shape index (κ2) is 7.63. The summed E-state index contributed by atoms with van der Waals surface area (Å²) in [5, 5.41) is 0. The van der Waals surface area contributed by atoms with Gasteiger partial charge >= 0.3 is 0 Å². The van der Waals surface area contributed by atoms with Gasteiger partial charge in [-0.1, -0.05) is 19.8 Å². The molecular formula is C10H19N. The first kappa shape index (κ1) is 10.5. The molecule has 0 bridgehead atoms. The summed E-state index contributed by atoms with van der Waals surface area (Å²) < 4.78 is 0. The van der Waals surface area contributed by atoms with Gasteiger partial charge in [-0.05, 0) is 20.0 Å². The predicted molar refractivity (Wildman–Crippen MR) is 50.5 cm³/mol. The summed E-state index contributed by atoms with van der Waals surface area (Å²) in [7, 11) is 2.13. The predicted octanol–water partition coefficient (Wildman–Crippen LogP) is 2.13. The van der Waals surface area contributed by atoms with Crippen molar-refractivity contribution in [3.8, 4) is 12.3 Å². The molecule has 0 unspecified atom stereocenters. The number of hydrogen-bond donors (Lipinski definition) is 0. The van der Waals surface area contributed by atoms with Gasteiger partial charge < -0.3 is 4.90 Å². The number of hydrogen-bond acceptors (Lipinski definition) is 1. The van der Waals surface area contributed by atoms with E-state index in [2.05, 4.69) is 24.8 Å². The van der Waals surface area contributed by atoms with Gasteiger partial charge in [-0.2, -0.15) is 0 Å². The third-order valence-electron chi connectivity index (χ3n) is 1.78. The topological polar surface area (TPSA) is 3.24 Å². The minimum Gasteiger partial charge on any atom is -0.305 e. The Balaban J connectivity index is 3.10. The molecule has 1 nitrogen and oxygen atoms in total. The van der Waals surface area contributed by atoms with E-state index in [9.17, 15) is 0 Å². The number of unbranched alkanes of at least 4 members (excludes halogenated alkanes) is 2. The summed E-state index contributed by atoms with van der Waals surface area (Å²) in [4.78, 5) is 2.30. The smallest absolute Gasteiger partial charge is 0.0214 e. The van der Waals surface area contributed by atoms with Crippen molar-refractivity contribution in [3.05, 3.63) is 0 Å². The van der Waals surface area contributed by atoms with E-state index >= 15 is 0 Å². The zero-order valence-corrected chi connectivity index (χ0v) is 7.77. The molecule has 0 N–H and O–H groups in total. The van der Waals surface area contributed by atoms with Gasteiger partial charge in [0.2, 0.25) is 0 Å². The summed E-state index contributed by atoms with van der Waals surface area (Å²) in [5.41, 5.74) is 0. The summed E-state index contributed by atoms with van der Waals surface area (Å²) in [6.07, 6.45) is 9.96. The highest BCUT2D eigenvalue weighted by molar-refractivity contribution is 4.84. The van der Waals surface area contributed by atoms with Crippen molar-refractivity contribution in [2.45, 2.75) is 32.6 Å². The van der Waals surface area contributed by atoms with Crippen molar-refractivity contribution in [3.63, 3.8) is 0 Å². The van der Waals surface area contributed by atoms with Crippen LogP contribution in [0.3, 0.4) is 0 Å². The molecule has 11 heavy (non-hydrogen) atoms. The monoisotopic (exact) mass is 153 g/mol. The first-order valence-corrected chi connectivity index (χ1v) is 4.43. The molecule has 0 aliphatic rings. The van der Waals surface area contributed by atoms with Crippen LogP contribution in [0.2, 0.25) is 0 Å². The second-order valence-corrected chi connectivity index (χ2v) is 2.96. The Kier molecular flexibility index (Phi) is 7.29. The molecule has 0 saturated carbocycles. The lowest BCUT2D eigenvalue weighted by molar-refractivity contribution is 0.333. The molecule has 0 atom stereocenters. The van der Waals surface area contributed by atoms with Crippen LogP contribution < -0.4 is 0 Å². The molecule has 0 spiro atoms. The summed E-state index contributed by atoms with van der Waals surface area (Å²) in [5.74, 6) is 2.65. The Hall–Kier alpha value is -0.480. The molecule has 0 heterocycles. The zero-order valence-electron chi connectivity index (χ0n) is 7.77. The molecule has 1 heteroatoms. The van der Waals surface area contributed by atoms with E-state index in [1.54, 1.807) is 0 Å². The molecule has 0 aliphatic carbocycles. The largest absolute Gasteiger partial charge is 0.305 e. The maximum atomic E-state index is 5.15. The third-order valence-corrected chi connectivity index (χ3v) is 1.78. The lowest BCUT2D eigenvalue weighted by atomic mass is 10.2. The molecule has 0 aromatic rings. The lowest BCUT2D eigenvalue weighted by Crippen LogP contribution is -2.20. The Morgan fingerprint density at radius 2 is 2.00 bits per heavy atom. The number of nitrogens with zero attached hydrogens (tertiary/aromatic N) is 1. The van der Waals surface area contributed by atoms with Gasteiger partial charge in [-0.15, -0.1) is 12.3 Å². The van der Waals surface area contributed by atoms with E-state index in [4.69, 9.17) is 6.42 Å². The van der Waals surface area contributed by atoms with Crippen LogP contribution in [0.25, 0.3) is 0 Å². The average Bonchev–Trinajstić information content (AvgIpc) is 2.01. The molecule has 0 fully saturated rings. The fraction of sp³-hybridized carbons (Fsp3) is 0.800. The molecule has 0 radical (unpaired) electrons. The molecule has 0 amide bonds. The SMILES string of the molecule is C#CCCN(C)CCCCC. The van der Waals surface area contributed by atoms with Crippen molar-refractivity contribution in [1.82, 2.24) is 4.90 Å². The van der Waals surface area contributed by atoms with Crippen molar-refractivity contribution in [1.29, 1.82) is 0 Å². The summed E-state index contributed by atoms with van der Waals surface area (Å²) >= 11 is 0. The van der Waals surface area contributed by atoms with Crippen LogP contribution in [-0.4, -0.2) is 25.0 Å². The Morgan fingerprint density at radius 1 is 1.27 bits per heavy atom. The van der Waals surface area contributed by atoms with Gasteiger partial charge in [-0.3, -0.25) is 0 Å². The van der Waals surface area contributed by atoms with Crippen molar-refractivity contribution >= 4 is 0 Å². The van der Waals surface area contributed by atoms with E-state index in [1.807, 2.05) is 0 Å². The van der Waals surface area contributed by atoms with E-state index < -0.39 is 0 Å². The molecular weight excluding hydrogens is 134 g/mol. The van der Waals surface area contributed by atoms with Crippen LogP contribution >= 0.6 is 0 Å². The van der Waals surface area contributed by atoms with Crippen LogP contribution in [-0.2, 0) is 0 Å². The van der Waals surface area contributed by atoms with Crippen molar-refractivity contribution < 1.29 is 0 Å². The van der Waals surface area contributed by atoms with Crippen LogP contribution in [0, 0.1) is 12.3 Å². The van der Waals surface area contributed by atoms with Gasteiger partial charge in [0.05, 0.1) is 0 Å². The highest BCUT2D eigenvalue weighted by Crippen LogP contribution is 1.96. The van der Waals surface area contributed by atoms with Gasteiger partial charge in [0, 0.05) is 13.0 Å². The molecule has 0 aliphatic heterocycles. The minimum absolute atomic E-state index is 0.878. The number of terminal acetylenes is 1. The van der Waals surface area contributed by atoms with E-state index in [-0.39, 0.29) is 0 Å². The molecule has 64 valence electrons. The Labute approximate surface area is 70.8 Å². The first-order chi connectivity index (χ1) is 5.31. The fourth-order valence-electron chi connectivity index (χ4n) is 0.999. The summed E-state index contributed by atoms with van der Waals surface area (Å²) in [6.45, 7) is 4.46. The lowest BCUT2D eigenvalue weighted by Gasteiger charge is -2.13. The first-order valence-electron chi connectivity index (χ1n) is 4.43. The van der Waals surface area contributed by atoms with Crippen LogP contribution in [0.5, 0.6) is 0 Å². The normalized spacial score (nSPS) is 10.0. The summed E-state index contributed by atoms with van der Waals surface area (Å²) in [6, 6.07) is 0. The maximum absolute atomic E-state index is 5.15.